The van der Waals surface area contributed by atoms with Crippen LogP contribution >= 0.6 is 11.8 Å². The highest BCUT2D eigenvalue weighted by Gasteiger charge is 2.93. The molecule has 0 saturated heterocycles. The minimum atomic E-state index is -10.4. The lowest BCUT2D eigenvalue weighted by Crippen LogP contribution is -2.68. The first-order valence-corrected chi connectivity index (χ1v) is 18.0. The number of hydrogen-bond acceptors (Lipinski definition) is 13. The van der Waals surface area contributed by atoms with Gasteiger partial charge in [-0.05, 0) is 11.8 Å². The second-order valence-electron chi connectivity index (χ2n) is 6.80. The standard InChI is InChI=1S/C8F18O12S7/c9-1(10,11)40(27,28)7(41(29,30)2(12,13)14,42(31,32)3(15,16)17)39-8(43(33,34)4(18,19)20,44(35,36)5(21,22)23)45(37,38)6(24,25)26. The first-order valence-electron chi connectivity index (χ1n) is 8.26. The average molecular weight is 855 g/mol. The van der Waals surface area contributed by atoms with Crippen LogP contribution in [0.15, 0.2) is 0 Å². The highest BCUT2D eigenvalue weighted by atomic mass is 32.4. The molecule has 45 heavy (non-hydrogen) atoms. The number of thioether (sulfide) groups is 1. The van der Waals surface area contributed by atoms with Crippen molar-refractivity contribution in [2.24, 2.45) is 0 Å². The van der Waals surface area contributed by atoms with E-state index in [9.17, 15) is 130 Å². The Morgan fingerprint density at radius 2 is 0.333 bits per heavy atom. The van der Waals surface area contributed by atoms with Crippen LogP contribution in [0, 0.1) is 0 Å². The topological polar surface area (TPSA) is 205 Å². The van der Waals surface area contributed by atoms with E-state index in [0.29, 0.717) is 0 Å². The molecule has 0 bridgehead atoms. The summed E-state index contributed by atoms with van der Waals surface area (Å²) in [6, 6.07) is 0. The van der Waals surface area contributed by atoms with Crippen LogP contribution in [0.3, 0.4) is 0 Å². The Balaban J connectivity index is 10.4. The molecule has 0 aliphatic carbocycles. The minimum Gasteiger partial charge on any atom is -0.216 e. The van der Waals surface area contributed by atoms with E-state index < -0.39 is 109 Å². The lowest BCUT2D eigenvalue weighted by atomic mass is 11.5. The Morgan fingerprint density at radius 3 is 0.400 bits per heavy atom. The van der Waals surface area contributed by atoms with Crippen LogP contribution in [0.4, 0.5) is 79.0 Å². The van der Waals surface area contributed by atoms with Crippen LogP contribution in [0.25, 0.3) is 0 Å². The highest BCUT2D eigenvalue weighted by Crippen LogP contribution is 2.66. The Kier molecular flexibility index (Phi) is 10.4. The van der Waals surface area contributed by atoms with E-state index in [1.165, 1.54) is 0 Å². The molecule has 0 N–H and O–H groups in total. The quantitative estimate of drug-likeness (QED) is 0.323. The Hall–Kier alpha value is -1.21. The van der Waals surface area contributed by atoms with E-state index in [0.717, 1.165) is 0 Å². The van der Waals surface area contributed by atoms with E-state index >= 15 is 0 Å². The molecule has 0 spiro atoms. The number of halogens is 18. The molecule has 0 aliphatic rings. The van der Waals surface area contributed by atoms with Crippen LogP contribution in [0.2, 0.25) is 0 Å². The number of alkyl halides is 18. The SMILES string of the molecule is O=S(=O)(C(F)(F)F)C(SC(S(=O)(=O)C(F)(F)F)(S(=O)(=O)C(F)(F)F)S(=O)(=O)C(F)(F)F)(S(=O)(=O)C(F)(F)F)S(=O)(=O)C(F)(F)F. The van der Waals surface area contributed by atoms with Crippen LogP contribution < -0.4 is 0 Å². The van der Waals surface area contributed by atoms with Gasteiger partial charge >= 0.3 is 38.5 Å². The third-order valence-electron chi connectivity index (χ3n) is 4.05. The minimum absolute atomic E-state index is 5.36. The molecule has 272 valence electrons. The summed E-state index contributed by atoms with van der Waals surface area (Å²) in [4.78, 5) is 0. The van der Waals surface area contributed by atoms with Crippen molar-refractivity contribution < 1.29 is 130 Å². The maximum absolute atomic E-state index is 13.4. The summed E-state index contributed by atoms with van der Waals surface area (Å²) in [5, 5.41) is 0. The number of sulfone groups is 6. The van der Waals surface area contributed by atoms with Gasteiger partial charge in [0.05, 0.1) is 0 Å². The van der Waals surface area contributed by atoms with E-state index in [1.807, 2.05) is 0 Å². The predicted octanol–water partition coefficient (Wildman–Crippen LogP) is 2.55. The fraction of sp³-hybridized carbons (Fsp3) is 1.00. The second kappa shape index (κ2) is 10.6. The van der Waals surface area contributed by atoms with Crippen molar-refractivity contribution in [1.29, 1.82) is 0 Å². The van der Waals surface area contributed by atoms with Crippen molar-refractivity contribution in [1.82, 2.24) is 0 Å². The van der Waals surface area contributed by atoms with Crippen LogP contribution in [0.1, 0.15) is 0 Å². The summed E-state index contributed by atoms with van der Waals surface area (Å²) in [5.41, 5.74) is -52.0. The Morgan fingerprint density at radius 1 is 0.244 bits per heavy atom. The van der Waals surface area contributed by atoms with Crippen molar-refractivity contribution in [2.75, 3.05) is 0 Å². The second-order valence-corrected chi connectivity index (χ2v) is 23.8. The zero-order valence-electron chi connectivity index (χ0n) is 18.6. The molecule has 0 fully saturated rings. The van der Waals surface area contributed by atoms with Crippen molar-refractivity contribution in [3.05, 3.63) is 0 Å². The van der Waals surface area contributed by atoms with Gasteiger partial charge in [-0.2, -0.15) is 79.0 Å². The number of rotatable bonds is 8. The normalized spacial score (nSPS) is 16.9. The monoisotopic (exact) mass is 854 g/mol. The molecule has 0 atom stereocenters. The molecule has 0 amide bonds. The fourth-order valence-electron chi connectivity index (χ4n) is 2.20. The summed E-state index contributed by atoms with van der Waals surface area (Å²) >= 11 is -5.36. The van der Waals surface area contributed by atoms with Gasteiger partial charge in [0.1, 0.15) is 0 Å². The maximum Gasteiger partial charge on any atom is 0.500 e. The number of hydrogen-bond donors (Lipinski definition) is 0. The molecule has 0 saturated carbocycles. The molecular weight excluding hydrogens is 855 g/mol. The molecule has 0 radical (unpaired) electrons. The van der Waals surface area contributed by atoms with Crippen LogP contribution in [-0.4, -0.2) is 89.0 Å². The summed E-state index contributed by atoms with van der Waals surface area (Å²) in [6.07, 6.45) is 0. The largest absolute Gasteiger partial charge is 0.500 e. The van der Waals surface area contributed by atoms with Gasteiger partial charge in [0, 0.05) is 0 Å². The van der Waals surface area contributed by atoms with Gasteiger partial charge in [-0.1, -0.05) is 0 Å². The molecule has 0 aromatic rings. The first-order chi connectivity index (χ1) is 18.7. The average Bonchev–Trinajstić information content (AvgIpc) is 2.68. The van der Waals surface area contributed by atoms with Crippen molar-refractivity contribution in [3.8, 4) is 0 Å². The molecule has 0 unspecified atom stereocenters. The van der Waals surface area contributed by atoms with Gasteiger partial charge in [-0.3, -0.25) is 0 Å². The molecule has 0 rings (SSSR count). The first kappa shape index (κ1) is 43.8. The summed E-state index contributed by atoms with van der Waals surface area (Å²) in [6.45, 7) is 0. The summed E-state index contributed by atoms with van der Waals surface area (Å²) in [5.74, 6) is 0. The van der Waals surface area contributed by atoms with Gasteiger partial charge in [-0.25, -0.2) is 50.5 Å². The molecule has 0 aromatic carbocycles. The zero-order chi connectivity index (χ0) is 37.7. The molecule has 0 aromatic heterocycles. The smallest absolute Gasteiger partial charge is 0.216 e. The van der Waals surface area contributed by atoms with Gasteiger partial charge in [-0.15, -0.1) is 0 Å². The maximum atomic E-state index is 13.4. The molecule has 0 heterocycles. The van der Waals surface area contributed by atoms with Crippen molar-refractivity contribution in [2.45, 2.75) is 38.5 Å². The molecule has 37 heteroatoms. The Labute approximate surface area is 238 Å². The highest BCUT2D eigenvalue weighted by molar-refractivity contribution is 8.52. The molecule has 0 aliphatic heterocycles. The molecular formula is C8F18O12S7. The third-order valence-corrected chi connectivity index (χ3v) is 25.5. The molecule has 12 nitrogen and oxygen atoms in total. The Bertz CT molecular complexity index is 1490. The van der Waals surface area contributed by atoms with Gasteiger partial charge in [0.2, 0.25) is 0 Å². The zero-order valence-corrected chi connectivity index (χ0v) is 24.3. The van der Waals surface area contributed by atoms with Gasteiger partial charge in [0.15, 0.2) is 0 Å². The van der Waals surface area contributed by atoms with E-state index in [2.05, 4.69) is 0 Å². The van der Waals surface area contributed by atoms with Crippen molar-refractivity contribution in [3.63, 3.8) is 0 Å². The summed E-state index contributed by atoms with van der Waals surface area (Å²) in [7, 11) is -62.3. The van der Waals surface area contributed by atoms with Crippen LogP contribution in [0.5, 0.6) is 0 Å². The van der Waals surface area contributed by atoms with Gasteiger partial charge in [0.25, 0.3) is 59.0 Å². The lowest BCUT2D eigenvalue weighted by molar-refractivity contribution is -0.0507. The fourth-order valence-corrected chi connectivity index (χ4v) is 22.5. The van der Waals surface area contributed by atoms with E-state index in [4.69, 9.17) is 0 Å². The predicted molar refractivity (Wildman–Crippen MR) is 103 cm³/mol. The van der Waals surface area contributed by atoms with Gasteiger partial charge < -0.3 is 0 Å². The van der Waals surface area contributed by atoms with Crippen LogP contribution in [-0.2, 0) is 59.0 Å². The summed E-state index contributed by atoms with van der Waals surface area (Å²) < 4.78 is 365. The van der Waals surface area contributed by atoms with E-state index in [1.54, 1.807) is 0 Å². The third kappa shape index (κ3) is 5.60. The lowest BCUT2D eigenvalue weighted by Gasteiger charge is -2.39. The van der Waals surface area contributed by atoms with E-state index in [-0.39, 0.29) is 0 Å². The van der Waals surface area contributed by atoms with Crippen molar-refractivity contribution >= 4 is 70.8 Å².